The fraction of sp³-hybridized carbons (Fsp3) is 0.0556. The summed E-state index contributed by atoms with van der Waals surface area (Å²) in [5.74, 6) is -1.98. The van der Waals surface area contributed by atoms with Crippen molar-refractivity contribution in [3.63, 3.8) is 0 Å². The van der Waals surface area contributed by atoms with Crippen LogP contribution in [-0.2, 0) is 10.0 Å². The fourth-order valence-corrected chi connectivity index (χ4v) is 3.62. The Balaban J connectivity index is 1.81. The first kappa shape index (κ1) is 19.3. The molecule has 0 radical (unpaired) electrons. The van der Waals surface area contributed by atoms with Crippen LogP contribution in [0.1, 0.15) is 26.4 Å². The summed E-state index contributed by atoms with van der Waals surface area (Å²) >= 11 is 0. The monoisotopic (exact) mass is 400 g/mol. The topological polar surface area (TPSA) is 130 Å². The third kappa shape index (κ3) is 3.92. The lowest BCUT2D eigenvalue weighted by Gasteiger charge is -2.12. The quantitative estimate of drug-likeness (QED) is 0.538. The number of nitrogens with zero attached hydrogens (tertiary/aromatic N) is 2. The van der Waals surface area contributed by atoms with E-state index in [0.717, 1.165) is 6.07 Å². The maximum absolute atomic E-state index is 12.5. The van der Waals surface area contributed by atoms with Crippen LogP contribution in [0, 0.1) is 6.92 Å². The average Bonchev–Trinajstić information content (AvgIpc) is 3.17. The summed E-state index contributed by atoms with van der Waals surface area (Å²) in [5.41, 5.74) is 3.07. The van der Waals surface area contributed by atoms with Crippen molar-refractivity contribution in [2.75, 3.05) is 0 Å². The van der Waals surface area contributed by atoms with Gasteiger partial charge in [-0.05, 0) is 36.8 Å². The number of hydrogen-bond donors (Lipinski definition) is 3. The molecule has 9 nitrogen and oxygen atoms in total. The summed E-state index contributed by atoms with van der Waals surface area (Å²) in [6.45, 7) is 1.52. The van der Waals surface area contributed by atoms with Crippen molar-refractivity contribution < 1.29 is 23.1 Å². The van der Waals surface area contributed by atoms with Gasteiger partial charge in [0.2, 0.25) is 0 Å². The van der Waals surface area contributed by atoms with Gasteiger partial charge in [-0.15, -0.1) is 4.83 Å². The van der Waals surface area contributed by atoms with E-state index in [1.54, 1.807) is 24.3 Å². The fourth-order valence-electron chi connectivity index (χ4n) is 2.51. The third-order valence-electron chi connectivity index (χ3n) is 3.93. The molecule has 0 aliphatic heterocycles. The van der Waals surface area contributed by atoms with Crippen LogP contribution >= 0.6 is 0 Å². The second-order valence-corrected chi connectivity index (χ2v) is 7.48. The summed E-state index contributed by atoms with van der Waals surface area (Å²) in [6.07, 6.45) is 2.73. The normalized spacial score (nSPS) is 11.2. The first-order valence-corrected chi connectivity index (χ1v) is 9.52. The number of rotatable bonds is 6. The second kappa shape index (κ2) is 7.62. The second-order valence-electron chi connectivity index (χ2n) is 5.83. The number of carboxylic acid groups (broad SMARTS) is 1. The van der Waals surface area contributed by atoms with E-state index < -0.39 is 21.9 Å². The van der Waals surface area contributed by atoms with Crippen molar-refractivity contribution in [3.8, 4) is 5.69 Å². The van der Waals surface area contributed by atoms with Gasteiger partial charge in [0.1, 0.15) is 5.69 Å². The van der Waals surface area contributed by atoms with E-state index in [2.05, 4.69) is 10.4 Å². The molecule has 1 aromatic heterocycles. The van der Waals surface area contributed by atoms with Crippen molar-refractivity contribution >= 4 is 21.9 Å². The summed E-state index contributed by atoms with van der Waals surface area (Å²) in [7, 11) is -4.19. The SMILES string of the molecule is Cc1ccc(C(=O)O)cc1S(=O)(=O)NNC(=O)c1cncn1-c1ccccc1. The zero-order valence-electron chi connectivity index (χ0n) is 14.7. The van der Waals surface area contributed by atoms with E-state index >= 15 is 0 Å². The van der Waals surface area contributed by atoms with Gasteiger partial charge in [0.15, 0.2) is 0 Å². The molecule has 0 spiro atoms. The third-order valence-corrected chi connectivity index (χ3v) is 5.32. The van der Waals surface area contributed by atoms with Gasteiger partial charge in [-0.1, -0.05) is 24.3 Å². The first-order chi connectivity index (χ1) is 13.3. The summed E-state index contributed by atoms with van der Waals surface area (Å²) in [5, 5.41) is 9.05. The molecule has 144 valence electrons. The van der Waals surface area contributed by atoms with Crippen LogP contribution in [0.4, 0.5) is 0 Å². The molecule has 2 aromatic carbocycles. The van der Waals surface area contributed by atoms with Crippen molar-refractivity contribution in [2.45, 2.75) is 11.8 Å². The molecule has 0 aliphatic carbocycles. The number of hydrazine groups is 1. The predicted octanol–water partition coefficient (Wildman–Crippen LogP) is 1.50. The molecule has 1 amide bonds. The molecule has 3 aromatic rings. The van der Waals surface area contributed by atoms with Gasteiger partial charge in [-0.2, -0.15) is 0 Å². The van der Waals surface area contributed by atoms with Crippen molar-refractivity contribution in [2.24, 2.45) is 0 Å². The molecule has 0 saturated heterocycles. The smallest absolute Gasteiger partial charge is 0.335 e. The van der Waals surface area contributed by atoms with Crippen LogP contribution in [0.5, 0.6) is 0 Å². The number of benzene rings is 2. The van der Waals surface area contributed by atoms with Gasteiger partial charge in [-0.25, -0.2) is 18.2 Å². The van der Waals surface area contributed by atoms with Gasteiger partial charge in [0.05, 0.1) is 23.0 Å². The van der Waals surface area contributed by atoms with E-state index in [1.807, 2.05) is 10.9 Å². The molecule has 0 unspecified atom stereocenters. The van der Waals surface area contributed by atoms with Crippen LogP contribution in [0.2, 0.25) is 0 Å². The lowest BCUT2D eigenvalue weighted by Crippen LogP contribution is -2.42. The van der Waals surface area contributed by atoms with Crippen LogP contribution in [0.25, 0.3) is 5.69 Å². The van der Waals surface area contributed by atoms with E-state index in [1.165, 1.54) is 36.1 Å². The number of carbonyl (C=O) groups is 2. The van der Waals surface area contributed by atoms with Crippen molar-refractivity contribution in [1.29, 1.82) is 0 Å². The lowest BCUT2D eigenvalue weighted by atomic mass is 10.1. The van der Waals surface area contributed by atoms with Crippen LogP contribution in [0.15, 0.2) is 66.0 Å². The minimum Gasteiger partial charge on any atom is -0.478 e. The lowest BCUT2D eigenvalue weighted by molar-refractivity contribution is 0.0696. The van der Waals surface area contributed by atoms with Gasteiger partial charge < -0.3 is 5.11 Å². The molecule has 0 aliphatic rings. The molecule has 3 rings (SSSR count). The molecular formula is C18H16N4O5S. The predicted molar refractivity (Wildman–Crippen MR) is 99.5 cm³/mol. The molecule has 0 atom stereocenters. The number of carboxylic acids is 1. The minimum absolute atomic E-state index is 0.116. The first-order valence-electron chi connectivity index (χ1n) is 8.03. The van der Waals surface area contributed by atoms with Gasteiger partial charge in [0, 0.05) is 5.69 Å². The van der Waals surface area contributed by atoms with E-state index in [-0.39, 0.29) is 16.2 Å². The summed E-state index contributed by atoms with van der Waals surface area (Å²) in [6, 6.07) is 12.6. The Morgan fingerprint density at radius 2 is 1.82 bits per heavy atom. The number of hydrogen-bond acceptors (Lipinski definition) is 5. The molecule has 10 heteroatoms. The highest BCUT2D eigenvalue weighted by atomic mass is 32.2. The van der Waals surface area contributed by atoms with Gasteiger partial charge in [0.25, 0.3) is 15.9 Å². The maximum atomic E-state index is 12.5. The highest BCUT2D eigenvalue weighted by Gasteiger charge is 2.21. The standard InChI is InChI=1S/C18H16N4O5S/c1-12-7-8-13(18(24)25)9-16(12)28(26,27)21-20-17(23)15-10-19-11-22(15)14-5-3-2-4-6-14/h2-11,21H,1H3,(H,20,23)(H,24,25). The van der Waals surface area contributed by atoms with E-state index in [0.29, 0.717) is 11.3 Å². The Hall–Kier alpha value is -3.50. The molecular weight excluding hydrogens is 384 g/mol. The number of aromatic carboxylic acids is 1. The molecule has 0 saturated carbocycles. The number of amides is 1. The number of nitrogens with one attached hydrogen (secondary N) is 2. The number of carbonyl (C=O) groups excluding carboxylic acids is 1. The largest absolute Gasteiger partial charge is 0.478 e. The van der Waals surface area contributed by atoms with Gasteiger partial charge >= 0.3 is 5.97 Å². The number of imidazole rings is 1. The molecule has 0 bridgehead atoms. The molecule has 3 N–H and O–H groups in total. The Kier molecular flexibility index (Phi) is 5.25. The van der Waals surface area contributed by atoms with E-state index in [4.69, 9.17) is 5.11 Å². The number of aromatic nitrogens is 2. The maximum Gasteiger partial charge on any atom is 0.335 e. The Morgan fingerprint density at radius 3 is 2.50 bits per heavy atom. The van der Waals surface area contributed by atoms with Crippen molar-refractivity contribution in [1.82, 2.24) is 19.8 Å². The van der Waals surface area contributed by atoms with Gasteiger partial charge in [-0.3, -0.25) is 14.8 Å². The number of aryl methyl sites for hydroxylation is 1. The highest BCUT2D eigenvalue weighted by Crippen LogP contribution is 2.17. The summed E-state index contributed by atoms with van der Waals surface area (Å²) < 4.78 is 26.5. The van der Waals surface area contributed by atoms with Crippen LogP contribution < -0.4 is 10.3 Å². The van der Waals surface area contributed by atoms with Crippen LogP contribution in [-0.4, -0.2) is 35.0 Å². The van der Waals surface area contributed by atoms with E-state index in [9.17, 15) is 18.0 Å². The minimum atomic E-state index is -4.19. The number of para-hydroxylation sites is 1. The van der Waals surface area contributed by atoms with Crippen molar-refractivity contribution in [3.05, 3.63) is 77.9 Å². The Labute approximate surface area is 160 Å². The Morgan fingerprint density at radius 1 is 1.11 bits per heavy atom. The number of sulfonamides is 1. The molecule has 1 heterocycles. The molecule has 28 heavy (non-hydrogen) atoms. The summed E-state index contributed by atoms with van der Waals surface area (Å²) in [4.78, 5) is 29.2. The average molecular weight is 400 g/mol. The zero-order valence-corrected chi connectivity index (χ0v) is 15.5. The zero-order chi connectivity index (χ0) is 20.3. The van der Waals surface area contributed by atoms with Crippen LogP contribution in [0.3, 0.4) is 0 Å². The highest BCUT2D eigenvalue weighted by molar-refractivity contribution is 7.89. The molecule has 0 fully saturated rings. The Bertz CT molecular complexity index is 1140.